The number of carbonyl (C=O) groups is 2. The van der Waals surface area contributed by atoms with Crippen molar-refractivity contribution in [2.75, 3.05) is 19.6 Å². The zero-order chi connectivity index (χ0) is 20.0. The minimum absolute atomic E-state index is 0.0616. The fourth-order valence-electron chi connectivity index (χ4n) is 4.23. The van der Waals surface area contributed by atoms with Crippen LogP contribution in [0.2, 0.25) is 0 Å². The second kappa shape index (κ2) is 7.26. The Morgan fingerprint density at radius 2 is 2.00 bits per heavy atom. The van der Waals surface area contributed by atoms with Crippen LogP contribution >= 0.6 is 0 Å². The number of hydrogen-bond acceptors (Lipinski definition) is 3. The molecule has 0 unspecified atom stereocenters. The van der Waals surface area contributed by atoms with Crippen LogP contribution < -0.4 is 0 Å². The summed E-state index contributed by atoms with van der Waals surface area (Å²) in [5.74, 6) is 1.44. The van der Waals surface area contributed by atoms with Crippen molar-refractivity contribution in [2.24, 2.45) is 11.8 Å². The molecule has 1 saturated heterocycles. The lowest BCUT2D eigenvalue weighted by molar-refractivity contribution is -0.133. The molecule has 2 fully saturated rings. The molecular formula is C23H30N2O3. The predicted octanol–water partition coefficient (Wildman–Crippen LogP) is 4.16. The van der Waals surface area contributed by atoms with Crippen molar-refractivity contribution in [3.8, 4) is 0 Å². The molecule has 0 spiro atoms. The molecule has 1 aromatic carbocycles. The van der Waals surface area contributed by atoms with Crippen LogP contribution in [0.1, 0.15) is 54.8 Å². The average Bonchev–Trinajstić information content (AvgIpc) is 3.43. The van der Waals surface area contributed by atoms with Crippen LogP contribution in [0.4, 0.5) is 0 Å². The molecule has 28 heavy (non-hydrogen) atoms. The third-order valence-corrected chi connectivity index (χ3v) is 6.22. The lowest BCUT2D eigenvalue weighted by atomic mass is 10.0. The van der Waals surface area contributed by atoms with Gasteiger partial charge in [-0.2, -0.15) is 0 Å². The topological polar surface area (TPSA) is 53.8 Å². The highest BCUT2D eigenvalue weighted by atomic mass is 16.3. The Morgan fingerprint density at radius 3 is 2.68 bits per heavy atom. The highest BCUT2D eigenvalue weighted by Crippen LogP contribution is 2.33. The van der Waals surface area contributed by atoms with E-state index in [0.717, 1.165) is 28.6 Å². The summed E-state index contributed by atoms with van der Waals surface area (Å²) in [5.41, 5.74) is 2.74. The summed E-state index contributed by atoms with van der Waals surface area (Å²) < 4.78 is 5.97. The Labute approximate surface area is 166 Å². The van der Waals surface area contributed by atoms with E-state index in [2.05, 4.69) is 13.8 Å². The van der Waals surface area contributed by atoms with Gasteiger partial charge in [-0.25, -0.2) is 0 Å². The fourth-order valence-corrected chi connectivity index (χ4v) is 4.23. The van der Waals surface area contributed by atoms with Crippen molar-refractivity contribution in [1.82, 2.24) is 9.80 Å². The highest BCUT2D eigenvalue weighted by Gasteiger charge is 2.37. The largest absolute Gasteiger partial charge is 0.451 e. The Kier molecular flexibility index (Phi) is 4.94. The minimum Gasteiger partial charge on any atom is -0.451 e. The summed E-state index contributed by atoms with van der Waals surface area (Å²) in [6.45, 7) is 10.1. The van der Waals surface area contributed by atoms with Crippen molar-refractivity contribution >= 4 is 22.8 Å². The Hall–Kier alpha value is -2.30. The van der Waals surface area contributed by atoms with Gasteiger partial charge < -0.3 is 14.2 Å². The molecule has 0 bridgehead atoms. The second-order valence-corrected chi connectivity index (χ2v) is 8.86. The molecule has 1 aromatic heterocycles. The number of nitrogens with zero attached hydrogens (tertiary/aromatic N) is 2. The molecule has 2 aromatic rings. The third-order valence-electron chi connectivity index (χ3n) is 6.22. The van der Waals surface area contributed by atoms with E-state index in [0.29, 0.717) is 37.1 Å². The van der Waals surface area contributed by atoms with Gasteiger partial charge in [-0.05, 0) is 50.2 Å². The van der Waals surface area contributed by atoms with Crippen LogP contribution in [0.5, 0.6) is 0 Å². The molecule has 2 aliphatic rings. The molecule has 1 atom stereocenters. The van der Waals surface area contributed by atoms with E-state index in [9.17, 15) is 9.59 Å². The molecule has 5 heteroatoms. The number of hydrogen-bond donors (Lipinski definition) is 0. The lowest BCUT2D eigenvalue weighted by Gasteiger charge is -2.34. The summed E-state index contributed by atoms with van der Waals surface area (Å²) in [6.07, 6.45) is 2.82. The normalized spacial score (nSPS) is 20.9. The van der Waals surface area contributed by atoms with E-state index in [1.165, 1.54) is 12.8 Å². The van der Waals surface area contributed by atoms with Crippen molar-refractivity contribution in [1.29, 1.82) is 0 Å². The number of fused-ring (bicyclic) bond motifs is 1. The van der Waals surface area contributed by atoms with E-state index in [4.69, 9.17) is 4.42 Å². The maximum atomic E-state index is 13.3. The number of amides is 2. The summed E-state index contributed by atoms with van der Waals surface area (Å²) in [4.78, 5) is 30.0. The molecule has 1 aliphatic carbocycles. The third kappa shape index (κ3) is 3.54. The molecule has 1 aliphatic heterocycles. The van der Waals surface area contributed by atoms with Gasteiger partial charge in [0.1, 0.15) is 5.58 Å². The van der Waals surface area contributed by atoms with Crippen molar-refractivity contribution in [3.05, 3.63) is 35.1 Å². The fraction of sp³-hybridized carbons (Fsp3) is 0.565. The second-order valence-electron chi connectivity index (χ2n) is 8.86. The number of carbonyl (C=O) groups excluding carboxylic acids is 2. The molecule has 0 N–H and O–H groups in total. The van der Waals surface area contributed by atoms with Crippen molar-refractivity contribution in [2.45, 2.75) is 53.0 Å². The standard InChI is InChI=1S/C23H30N2O3/c1-14(2)19-13-24(10-9-21(26)25(19)12-17-6-7-17)23(27)22-16(4)18-8-5-15(3)11-20(18)28-22/h5,8,11,14,17,19H,6-7,9-10,12-13H2,1-4H3/t19-/m1/s1. The summed E-state index contributed by atoms with van der Waals surface area (Å²) >= 11 is 0. The maximum absolute atomic E-state index is 13.3. The van der Waals surface area contributed by atoms with Crippen LogP contribution in [0.3, 0.4) is 0 Å². The van der Waals surface area contributed by atoms with Crippen LogP contribution in [-0.4, -0.2) is 47.3 Å². The van der Waals surface area contributed by atoms with Crippen molar-refractivity contribution < 1.29 is 14.0 Å². The zero-order valence-corrected chi connectivity index (χ0v) is 17.3. The molecule has 2 heterocycles. The molecule has 0 radical (unpaired) electrons. The van der Waals surface area contributed by atoms with Crippen LogP contribution in [0.15, 0.2) is 22.6 Å². The number of furan rings is 1. The predicted molar refractivity (Wildman–Crippen MR) is 109 cm³/mol. The van der Waals surface area contributed by atoms with Gasteiger partial charge in [0, 0.05) is 37.0 Å². The first-order chi connectivity index (χ1) is 13.3. The van der Waals surface area contributed by atoms with Gasteiger partial charge in [-0.3, -0.25) is 9.59 Å². The Balaban J connectivity index is 1.62. The van der Waals surface area contributed by atoms with E-state index < -0.39 is 0 Å². The number of rotatable bonds is 4. The SMILES string of the molecule is Cc1ccc2c(C)c(C(=O)N3CCC(=O)N(CC4CC4)[C@@H](C(C)C)C3)oc2c1. The van der Waals surface area contributed by atoms with Crippen molar-refractivity contribution in [3.63, 3.8) is 0 Å². The highest BCUT2D eigenvalue weighted by molar-refractivity contribution is 5.99. The van der Waals surface area contributed by atoms with E-state index >= 15 is 0 Å². The Morgan fingerprint density at radius 1 is 1.25 bits per heavy atom. The monoisotopic (exact) mass is 382 g/mol. The van der Waals surface area contributed by atoms with E-state index in [-0.39, 0.29) is 17.9 Å². The molecule has 4 rings (SSSR count). The van der Waals surface area contributed by atoms with Gasteiger partial charge in [0.15, 0.2) is 5.76 Å². The first-order valence-electron chi connectivity index (χ1n) is 10.4. The van der Waals surface area contributed by atoms with Gasteiger partial charge in [0.25, 0.3) is 5.91 Å². The molecule has 150 valence electrons. The van der Waals surface area contributed by atoms with Crippen LogP contribution in [0.25, 0.3) is 11.0 Å². The average molecular weight is 383 g/mol. The van der Waals surface area contributed by atoms with Gasteiger partial charge in [0.2, 0.25) is 5.91 Å². The smallest absolute Gasteiger partial charge is 0.289 e. The lowest BCUT2D eigenvalue weighted by Crippen LogP contribution is -2.48. The maximum Gasteiger partial charge on any atom is 0.289 e. The molecule has 1 saturated carbocycles. The molecule has 5 nitrogen and oxygen atoms in total. The minimum atomic E-state index is -0.0990. The van der Waals surface area contributed by atoms with Crippen LogP contribution in [-0.2, 0) is 4.79 Å². The first kappa shape index (κ1) is 19.0. The summed E-state index contributed by atoms with van der Waals surface area (Å²) in [7, 11) is 0. The number of aryl methyl sites for hydroxylation is 2. The van der Waals surface area contributed by atoms with E-state index in [1.807, 2.05) is 41.8 Å². The summed E-state index contributed by atoms with van der Waals surface area (Å²) in [5, 5.41) is 0.982. The molecule has 2 amide bonds. The quantitative estimate of drug-likeness (QED) is 0.798. The van der Waals surface area contributed by atoms with Gasteiger partial charge in [-0.15, -0.1) is 0 Å². The van der Waals surface area contributed by atoms with Crippen LogP contribution in [0, 0.1) is 25.7 Å². The zero-order valence-electron chi connectivity index (χ0n) is 17.3. The molecular weight excluding hydrogens is 352 g/mol. The van der Waals surface area contributed by atoms with Gasteiger partial charge in [0.05, 0.1) is 6.04 Å². The Bertz CT molecular complexity index is 910. The number of benzene rings is 1. The first-order valence-corrected chi connectivity index (χ1v) is 10.4. The van der Waals surface area contributed by atoms with E-state index in [1.54, 1.807) is 0 Å². The van der Waals surface area contributed by atoms with Gasteiger partial charge in [-0.1, -0.05) is 26.0 Å². The summed E-state index contributed by atoms with van der Waals surface area (Å²) in [6, 6.07) is 6.08. The van der Waals surface area contributed by atoms with Gasteiger partial charge >= 0.3 is 0 Å².